The highest BCUT2D eigenvalue weighted by Crippen LogP contribution is 2.30. The van der Waals surface area contributed by atoms with Gasteiger partial charge in [0.1, 0.15) is 0 Å². The number of hydrogen-bond donors (Lipinski definition) is 2. The van der Waals surface area contributed by atoms with Gasteiger partial charge in [-0.2, -0.15) is 4.39 Å². The Morgan fingerprint density at radius 3 is 2.57 bits per heavy atom. The molecule has 0 spiro atoms. The molecule has 2 N–H and O–H groups in total. The van der Waals surface area contributed by atoms with E-state index in [1.54, 1.807) is 25.1 Å². The van der Waals surface area contributed by atoms with E-state index < -0.39 is 22.3 Å². The molecule has 3 rings (SSSR count). The van der Waals surface area contributed by atoms with Crippen LogP contribution in [0.15, 0.2) is 36.4 Å². The minimum atomic E-state index is -0.997. The molecule has 2 aromatic rings. The van der Waals surface area contributed by atoms with Crippen LogP contribution in [0.1, 0.15) is 18.9 Å². The maximum atomic E-state index is 13.6. The van der Waals surface area contributed by atoms with Crippen molar-refractivity contribution >= 4 is 40.5 Å². The van der Waals surface area contributed by atoms with Gasteiger partial charge in [0.15, 0.2) is 0 Å². The first-order chi connectivity index (χ1) is 14.2. The lowest BCUT2D eigenvalue weighted by Crippen LogP contribution is -2.28. The third-order valence-electron chi connectivity index (χ3n) is 4.74. The first kappa shape index (κ1) is 20.9. The van der Waals surface area contributed by atoms with Crippen molar-refractivity contribution in [2.24, 2.45) is 5.92 Å². The van der Waals surface area contributed by atoms with Gasteiger partial charge in [-0.3, -0.25) is 24.5 Å². The van der Waals surface area contributed by atoms with Crippen molar-refractivity contribution in [1.82, 2.24) is 0 Å². The van der Waals surface area contributed by atoms with Crippen LogP contribution < -0.4 is 15.5 Å². The maximum absolute atomic E-state index is 13.6. The number of nitrogens with zero attached hydrogens (tertiary/aromatic N) is 2. The molecular formula is C20H19FN4O5. The molecule has 1 unspecified atom stereocenters. The quantitative estimate of drug-likeness (QED) is 0.575. The van der Waals surface area contributed by atoms with Crippen molar-refractivity contribution in [2.75, 3.05) is 22.1 Å². The highest BCUT2D eigenvalue weighted by Gasteiger charge is 2.36. The van der Waals surface area contributed by atoms with Gasteiger partial charge in [0, 0.05) is 37.3 Å². The number of halogens is 1. The summed E-state index contributed by atoms with van der Waals surface area (Å²) in [5.41, 5.74) is 1.32. The molecule has 0 aromatic heterocycles. The van der Waals surface area contributed by atoms with Crippen LogP contribution in [0.4, 0.5) is 27.1 Å². The SMILES string of the molecule is CC(=O)Nc1ccc(NC(=O)C2CC(=O)N(c3ccc(F)c([N+](=O)[O-])c3)C2)cc1C. The van der Waals surface area contributed by atoms with Gasteiger partial charge in [-0.15, -0.1) is 0 Å². The van der Waals surface area contributed by atoms with Crippen LogP contribution in [0.25, 0.3) is 0 Å². The molecule has 3 amide bonds. The number of aryl methyl sites for hydroxylation is 1. The van der Waals surface area contributed by atoms with E-state index in [9.17, 15) is 28.9 Å². The summed E-state index contributed by atoms with van der Waals surface area (Å²) in [6.07, 6.45) is -0.0695. The van der Waals surface area contributed by atoms with Gasteiger partial charge < -0.3 is 15.5 Å². The first-order valence-electron chi connectivity index (χ1n) is 9.09. The maximum Gasteiger partial charge on any atom is 0.306 e. The van der Waals surface area contributed by atoms with Gasteiger partial charge in [-0.25, -0.2) is 0 Å². The normalized spacial score (nSPS) is 15.8. The molecule has 0 bridgehead atoms. The van der Waals surface area contributed by atoms with Crippen molar-refractivity contribution in [1.29, 1.82) is 0 Å². The number of nitrogens with one attached hydrogen (secondary N) is 2. The van der Waals surface area contributed by atoms with E-state index in [2.05, 4.69) is 10.6 Å². The van der Waals surface area contributed by atoms with Crippen LogP contribution >= 0.6 is 0 Å². The Bertz CT molecular complexity index is 1060. The summed E-state index contributed by atoms with van der Waals surface area (Å²) in [5.74, 6) is -2.64. The highest BCUT2D eigenvalue weighted by atomic mass is 19.1. The second-order valence-electron chi connectivity index (χ2n) is 7.00. The van der Waals surface area contributed by atoms with E-state index in [-0.39, 0.29) is 36.4 Å². The zero-order chi connectivity index (χ0) is 22.0. The summed E-state index contributed by atoms with van der Waals surface area (Å²) in [6, 6.07) is 8.17. The number of hydrogen-bond acceptors (Lipinski definition) is 5. The summed E-state index contributed by atoms with van der Waals surface area (Å²) in [4.78, 5) is 47.5. The Morgan fingerprint density at radius 1 is 1.20 bits per heavy atom. The molecule has 1 saturated heterocycles. The predicted molar refractivity (Wildman–Crippen MR) is 108 cm³/mol. The molecule has 10 heteroatoms. The molecule has 1 aliphatic rings. The van der Waals surface area contributed by atoms with E-state index in [0.29, 0.717) is 11.4 Å². The standard InChI is InChI=1S/C20H19FN4O5/c1-11-7-14(3-6-17(11)22-12(2)26)23-20(28)13-8-19(27)24(10-13)15-4-5-16(21)18(9-15)25(29)30/h3-7,9,13H,8,10H2,1-2H3,(H,22,26)(H,23,28). The van der Waals surface area contributed by atoms with E-state index in [0.717, 1.165) is 17.7 Å². The summed E-state index contributed by atoms with van der Waals surface area (Å²) >= 11 is 0. The van der Waals surface area contributed by atoms with Crippen molar-refractivity contribution in [3.63, 3.8) is 0 Å². The van der Waals surface area contributed by atoms with E-state index in [1.165, 1.54) is 17.9 Å². The van der Waals surface area contributed by atoms with Crippen molar-refractivity contribution in [2.45, 2.75) is 20.3 Å². The summed E-state index contributed by atoms with van der Waals surface area (Å²) in [5, 5.41) is 16.3. The van der Waals surface area contributed by atoms with Crippen LogP contribution in [-0.4, -0.2) is 29.2 Å². The van der Waals surface area contributed by atoms with Crippen LogP contribution in [0, 0.1) is 28.8 Å². The van der Waals surface area contributed by atoms with Gasteiger partial charge in [0.05, 0.1) is 16.5 Å². The van der Waals surface area contributed by atoms with Crippen LogP contribution in [0.5, 0.6) is 0 Å². The van der Waals surface area contributed by atoms with E-state index in [4.69, 9.17) is 0 Å². The Labute approximate surface area is 171 Å². The molecule has 156 valence electrons. The summed E-state index contributed by atoms with van der Waals surface area (Å²) in [7, 11) is 0. The third kappa shape index (κ3) is 4.43. The minimum Gasteiger partial charge on any atom is -0.326 e. The second-order valence-corrected chi connectivity index (χ2v) is 7.00. The van der Waals surface area contributed by atoms with Gasteiger partial charge in [-0.05, 0) is 42.8 Å². The van der Waals surface area contributed by atoms with Gasteiger partial charge in [0.2, 0.25) is 23.5 Å². The minimum absolute atomic E-state index is 0.0242. The molecule has 2 aromatic carbocycles. The molecule has 0 saturated carbocycles. The van der Waals surface area contributed by atoms with Gasteiger partial charge >= 0.3 is 5.69 Å². The Balaban J connectivity index is 1.71. The average Bonchev–Trinajstić information content (AvgIpc) is 3.06. The molecule has 1 atom stereocenters. The van der Waals surface area contributed by atoms with Crippen molar-refractivity contribution in [3.8, 4) is 0 Å². The molecule has 1 heterocycles. The Hall–Kier alpha value is -3.82. The molecular weight excluding hydrogens is 395 g/mol. The number of nitro groups is 1. The van der Waals surface area contributed by atoms with Crippen LogP contribution in [0.2, 0.25) is 0 Å². The number of carbonyl (C=O) groups is 3. The van der Waals surface area contributed by atoms with Gasteiger partial charge in [0.25, 0.3) is 0 Å². The molecule has 0 radical (unpaired) electrons. The summed E-state index contributed by atoms with van der Waals surface area (Å²) in [6.45, 7) is 3.20. The number of rotatable bonds is 5. The third-order valence-corrected chi connectivity index (χ3v) is 4.74. The lowest BCUT2D eigenvalue weighted by Gasteiger charge is -2.17. The monoisotopic (exact) mass is 414 g/mol. The van der Waals surface area contributed by atoms with E-state index >= 15 is 0 Å². The number of amides is 3. The average molecular weight is 414 g/mol. The van der Waals surface area contributed by atoms with Crippen molar-refractivity contribution < 1.29 is 23.7 Å². The number of anilines is 3. The number of carbonyl (C=O) groups excluding carboxylic acids is 3. The first-order valence-corrected chi connectivity index (χ1v) is 9.09. The fourth-order valence-electron chi connectivity index (χ4n) is 3.26. The predicted octanol–water partition coefficient (Wildman–Crippen LogP) is 2.99. The largest absolute Gasteiger partial charge is 0.326 e. The number of nitro benzene ring substituents is 1. The molecule has 9 nitrogen and oxygen atoms in total. The molecule has 30 heavy (non-hydrogen) atoms. The topological polar surface area (TPSA) is 122 Å². The number of benzene rings is 2. The van der Waals surface area contributed by atoms with Gasteiger partial charge in [-0.1, -0.05) is 0 Å². The molecule has 1 aliphatic heterocycles. The lowest BCUT2D eigenvalue weighted by atomic mass is 10.1. The zero-order valence-corrected chi connectivity index (χ0v) is 16.3. The smallest absolute Gasteiger partial charge is 0.306 e. The van der Waals surface area contributed by atoms with Crippen LogP contribution in [-0.2, 0) is 14.4 Å². The van der Waals surface area contributed by atoms with E-state index in [1.807, 2.05) is 0 Å². The summed E-state index contributed by atoms with van der Waals surface area (Å²) < 4.78 is 13.6. The van der Waals surface area contributed by atoms with Crippen LogP contribution in [0.3, 0.4) is 0 Å². The molecule has 0 aliphatic carbocycles. The zero-order valence-electron chi connectivity index (χ0n) is 16.3. The lowest BCUT2D eigenvalue weighted by molar-refractivity contribution is -0.387. The Morgan fingerprint density at radius 2 is 1.93 bits per heavy atom. The second kappa shape index (κ2) is 8.27. The fourth-order valence-corrected chi connectivity index (χ4v) is 3.26. The fraction of sp³-hybridized carbons (Fsp3) is 0.250. The van der Waals surface area contributed by atoms with Crippen molar-refractivity contribution in [3.05, 3.63) is 57.9 Å². The molecule has 1 fully saturated rings. The highest BCUT2D eigenvalue weighted by molar-refractivity contribution is 6.03. The Kier molecular flexibility index (Phi) is 5.77.